The SMILES string of the molecule is CCC(CC)CNCC1(CCCl)CC1. The van der Waals surface area contributed by atoms with Crippen molar-refractivity contribution in [3.05, 3.63) is 0 Å². The van der Waals surface area contributed by atoms with Crippen LogP contribution in [0.15, 0.2) is 0 Å². The summed E-state index contributed by atoms with van der Waals surface area (Å²) in [5, 5.41) is 3.62. The lowest BCUT2D eigenvalue weighted by atomic mass is 10.0. The summed E-state index contributed by atoms with van der Waals surface area (Å²) >= 11 is 5.79. The normalized spacial score (nSPS) is 18.9. The fourth-order valence-corrected chi connectivity index (χ4v) is 2.41. The van der Waals surface area contributed by atoms with Crippen LogP contribution in [0.1, 0.15) is 46.0 Å². The van der Waals surface area contributed by atoms with Crippen molar-refractivity contribution in [2.24, 2.45) is 11.3 Å². The van der Waals surface area contributed by atoms with Gasteiger partial charge in [-0.3, -0.25) is 0 Å². The van der Waals surface area contributed by atoms with Gasteiger partial charge in [0.05, 0.1) is 0 Å². The Bertz CT molecular complexity index is 150. The molecule has 1 nitrogen and oxygen atoms in total. The average molecular weight is 218 g/mol. The van der Waals surface area contributed by atoms with Gasteiger partial charge < -0.3 is 5.32 Å². The minimum atomic E-state index is 0.591. The highest BCUT2D eigenvalue weighted by molar-refractivity contribution is 6.17. The van der Waals surface area contributed by atoms with Gasteiger partial charge in [-0.2, -0.15) is 0 Å². The molecule has 0 aromatic rings. The monoisotopic (exact) mass is 217 g/mol. The van der Waals surface area contributed by atoms with Gasteiger partial charge in [-0.05, 0) is 37.1 Å². The van der Waals surface area contributed by atoms with Gasteiger partial charge in [-0.25, -0.2) is 0 Å². The second kappa shape index (κ2) is 5.97. The summed E-state index contributed by atoms with van der Waals surface area (Å²) in [4.78, 5) is 0. The summed E-state index contributed by atoms with van der Waals surface area (Å²) < 4.78 is 0. The highest BCUT2D eigenvalue weighted by Crippen LogP contribution is 2.48. The van der Waals surface area contributed by atoms with Crippen molar-refractivity contribution in [3.8, 4) is 0 Å². The molecule has 0 bridgehead atoms. The van der Waals surface area contributed by atoms with Gasteiger partial charge >= 0.3 is 0 Å². The second-order valence-electron chi connectivity index (χ2n) is 4.75. The van der Waals surface area contributed by atoms with E-state index in [0.717, 1.165) is 11.8 Å². The average Bonchev–Trinajstić information content (AvgIpc) is 2.94. The number of nitrogens with one attached hydrogen (secondary N) is 1. The number of hydrogen-bond donors (Lipinski definition) is 1. The largest absolute Gasteiger partial charge is 0.316 e. The Labute approximate surface area is 93.6 Å². The molecule has 0 amide bonds. The predicted molar refractivity (Wildman–Crippen MR) is 63.9 cm³/mol. The van der Waals surface area contributed by atoms with Gasteiger partial charge in [0.25, 0.3) is 0 Å². The molecular weight excluding hydrogens is 194 g/mol. The van der Waals surface area contributed by atoms with E-state index in [2.05, 4.69) is 19.2 Å². The third kappa shape index (κ3) is 3.78. The number of rotatable bonds is 8. The number of hydrogen-bond acceptors (Lipinski definition) is 1. The molecule has 1 N–H and O–H groups in total. The Morgan fingerprint density at radius 1 is 1.29 bits per heavy atom. The molecule has 0 aromatic carbocycles. The molecule has 84 valence electrons. The summed E-state index contributed by atoms with van der Waals surface area (Å²) in [6.07, 6.45) is 6.56. The summed E-state index contributed by atoms with van der Waals surface area (Å²) in [6.45, 7) is 6.94. The van der Waals surface area contributed by atoms with Crippen LogP contribution in [0, 0.1) is 11.3 Å². The van der Waals surface area contributed by atoms with Gasteiger partial charge in [0.2, 0.25) is 0 Å². The maximum Gasteiger partial charge on any atom is 0.0229 e. The van der Waals surface area contributed by atoms with Crippen LogP contribution in [0.2, 0.25) is 0 Å². The molecule has 0 heterocycles. The van der Waals surface area contributed by atoms with Crippen LogP contribution < -0.4 is 5.32 Å². The summed E-state index contributed by atoms with van der Waals surface area (Å²) in [7, 11) is 0. The van der Waals surface area contributed by atoms with E-state index >= 15 is 0 Å². The molecule has 0 unspecified atom stereocenters. The summed E-state index contributed by atoms with van der Waals surface area (Å²) in [5.41, 5.74) is 0.591. The first kappa shape index (κ1) is 12.3. The molecule has 14 heavy (non-hydrogen) atoms. The Morgan fingerprint density at radius 3 is 2.36 bits per heavy atom. The maximum absolute atomic E-state index is 5.79. The second-order valence-corrected chi connectivity index (χ2v) is 5.13. The van der Waals surface area contributed by atoms with E-state index in [1.165, 1.54) is 45.2 Å². The maximum atomic E-state index is 5.79. The Morgan fingerprint density at radius 2 is 1.93 bits per heavy atom. The van der Waals surface area contributed by atoms with Crippen LogP contribution in [0.4, 0.5) is 0 Å². The molecule has 1 fully saturated rings. The Hall–Kier alpha value is 0.250. The summed E-state index contributed by atoms with van der Waals surface area (Å²) in [6, 6.07) is 0. The minimum Gasteiger partial charge on any atom is -0.316 e. The van der Waals surface area contributed by atoms with Crippen LogP contribution in [0.5, 0.6) is 0 Å². The Kier molecular flexibility index (Phi) is 5.25. The first-order chi connectivity index (χ1) is 6.76. The van der Waals surface area contributed by atoms with Crippen LogP contribution in [-0.4, -0.2) is 19.0 Å². The molecule has 0 saturated heterocycles. The highest BCUT2D eigenvalue weighted by Gasteiger charge is 2.41. The zero-order chi connectivity index (χ0) is 10.4. The standard InChI is InChI=1S/C12H24ClN/c1-3-11(4-2)9-14-10-12(5-6-12)7-8-13/h11,14H,3-10H2,1-2H3. The minimum absolute atomic E-state index is 0.591. The lowest BCUT2D eigenvalue weighted by molar-refractivity contribution is 0.392. The topological polar surface area (TPSA) is 12.0 Å². The van der Waals surface area contributed by atoms with E-state index in [1.54, 1.807) is 0 Å². The molecule has 0 atom stereocenters. The molecule has 1 aliphatic carbocycles. The van der Waals surface area contributed by atoms with Crippen LogP contribution in [-0.2, 0) is 0 Å². The molecule has 0 radical (unpaired) electrons. The fraction of sp³-hybridized carbons (Fsp3) is 1.00. The van der Waals surface area contributed by atoms with Crippen molar-refractivity contribution < 1.29 is 0 Å². The van der Waals surface area contributed by atoms with Crippen LogP contribution in [0.3, 0.4) is 0 Å². The van der Waals surface area contributed by atoms with Crippen molar-refractivity contribution in [1.29, 1.82) is 0 Å². The smallest absolute Gasteiger partial charge is 0.0229 e. The highest BCUT2D eigenvalue weighted by atomic mass is 35.5. The van der Waals surface area contributed by atoms with Gasteiger partial charge in [-0.1, -0.05) is 26.7 Å². The van der Waals surface area contributed by atoms with E-state index < -0.39 is 0 Å². The van der Waals surface area contributed by atoms with E-state index in [9.17, 15) is 0 Å². The van der Waals surface area contributed by atoms with Crippen LogP contribution >= 0.6 is 11.6 Å². The molecule has 2 heteroatoms. The van der Waals surface area contributed by atoms with E-state index in [4.69, 9.17) is 11.6 Å². The molecule has 1 aliphatic rings. The third-order valence-electron chi connectivity index (χ3n) is 3.67. The van der Waals surface area contributed by atoms with Gasteiger partial charge in [0, 0.05) is 12.4 Å². The van der Waals surface area contributed by atoms with E-state index in [-0.39, 0.29) is 0 Å². The van der Waals surface area contributed by atoms with Crippen molar-refractivity contribution >= 4 is 11.6 Å². The lowest BCUT2D eigenvalue weighted by Gasteiger charge is -2.18. The van der Waals surface area contributed by atoms with Gasteiger partial charge in [0.1, 0.15) is 0 Å². The molecule has 1 rings (SSSR count). The molecular formula is C12H24ClN. The van der Waals surface area contributed by atoms with Crippen LogP contribution in [0.25, 0.3) is 0 Å². The van der Waals surface area contributed by atoms with E-state index in [0.29, 0.717) is 5.41 Å². The van der Waals surface area contributed by atoms with Gasteiger partial charge in [0.15, 0.2) is 0 Å². The summed E-state index contributed by atoms with van der Waals surface area (Å²) in [5.74, 6) is 1.69. The number of halogens is 1. The van der Waals surface area contributed by atoms with Crippen molar-refractivity contribution in [1.82, 2.24) is 5.32 Å². The molecule has 0 spiro atoms. The third-order valence-corrected chi connectivity index (χ3v) is 3.86. The first-order valence-electron chi connectivity index (χ1n) is 6.03. The van der Waals surface area contributed by atoms with Crippen molar-refractivity contribution in [2.75, 3.05) is 19.0 Å². The van der Waals surface area contributed by atoms with Crippen molar-refractivity contribution in [2.45, 2.75) is 46.0 Å². The van der Waals surface area contributed by atoms with Crippen molar-refractivity contribution in [3.63, 3.8) is 0 Å². The first-order valence-corrected chi connectivity index (χ1v) is 6.56. The molecule has 1 saturated carbocycles. The zero-order valence-corrected chi connectivity index (χ0v) is 10.4. The fourth-order valence-electron chi connectivity index (χ4n) is 2.01. The predicted octanol–water partition coefficient (Wildman–Crippen LogP) is 3.42. The van der Waals surface area contributed by atoms with E-state index in [1.807, 2.05) is 0 Å². The lowest BCUT2D eigenvalue weighted by Crippen LogP contribution is -2.29. The zero-order valence-electron chi connectivity index (χ0n) is 9.61. The quantitative estimate of drug-likeness (QED) is 0.615. The Balaban J connectivity index is 2.08. The van der Waals surface area contributed by atoms with Gasteiger partial charge in [-0.15, -0.1) is 11.6 Å². The number of alkyl halides is 1. The molecule has 0 aliphatic heterocycles. The molecule has 0 aromatic heterocycles.